The largest absolute Gasteiger partial charge is 0.384 e. The highest BCUT2D eigenvalue weighted by atomic mass is 14.9. The summed E-state index contributed by atoms with van der Waals surface area (Å²) in [6.45, 7) is 9.22. The maximum absolute atomic E-state index is 4.09. The molecule has 146 valence electrons. The van der Waals surface area contributed by atoms with Crippen LogP contribution in [0.25, 0.3) is 16.5 Å². The molecule has 2 N–H and O–H groups in total. The molecule has 0 aliphatic rings. The van der Waals surface area contributed by atoms with Gasteiger partial charge in [0.05, 0.1) is 5.52 Å². The maximum Gasteiger partial charge on any atom is 0.0532 e. The smallest absolute Gasteiger partial charge is 0.0532 e. The van der Waals surface area contributed by atoms with Gasteiger partial charge >= 0.3 is 0 Å². The number of hydrogen-bond acceptors (Lipinski definition) is 2. The molecule has 3 heteroatoms. The van der Waals surface area contributed by atoms with E-state index in [4.69, 9.17) is 0 Å². The van der Waals surface area contributed by atoms with Gasteiger partial charge in [0.15, 0.2) is 0 Å². The highest BCUT2D eigenvalue weighted by Crippen LogP contribution is 2.26. The molecule has 0 spiro atoms. The van der Waals surface area contributed by atoms with Crippen LogP contribution in [0, 0.1) is 6.92 Å². The molecule has 0 aliphatic heterocycles. The second-order valence-corrected chi connectivity index (χ2v) is 7.68. The minimum atomic E-state index is 0.898. The zero-order chi connectivity index (χ0) is 20.2. The molecule has 0 fully saturated rings. The number of benzene rings is 2. The Morgan fingerprint density at radius 1 is 1.07 bits per heavy atom. The van der Waals surface area contributed by atoms with E-state index in [1.54, 1.807) is 0 Å². The lowest BCUT2D eigenvalue weighted by Gasteiger charge is -2.11. The Labute approximate surface area is 172 Å². The summed E-state index contributed by atoms with van der Waals surface area (Å²) in [6.07, 6.45) is 7.73. The Kier molecular flexibility index (Phi) is 5.48. The number of aromatic nitrogens is 2. The summed E-state index contributed by atoms with van der Waals surface area (Å²) in [6, 6.07) is 17.2. The second-order valence-electron chi connectivity index (χ2n) is 7.68. The Morgan fingerprint density at radius 3 is 2.66 bits per heavy atom. The van der Waals surface area contributed by atoms with Gasteiger partial charge in [-0.15, -0.1) is 0 Å². The van der Waals surface area contributed by atoms with Crippen LogP contribution in [0.2, 0.25) is 0 Å². The molecular weight excluding hydrogens is 354 g/mol. The molecule has 4 rings (SSSR count). The third-order valence-electron chi connectivity index (χ3n) is 5.42. The Morgan fingerprint density at radius 2 is 1.90 bits per heavy atom. The van der Waals surface area contributed by atoms with Crippen LogP contribution in [-0.4, -0.2) is 16.5 Å². The normalized spacial score (nSPS) is 11.0. The number of anilines is 1. The molecule has 2 aromatic heterocycles. The number of hydrogen-bond donors (Lipinski definition) is 2. The van der Waals surface area contributed by atoms with Crippen molar-refractivity contribution in [2.75, 3.05) is 11.9 Å². The van der Waals surface area contributed by atoms with Gasteiger partial charge in [0.1, 0.15) is 0 Å². The standard InChI is InChI=1S/C26H27N3/c1-18(2)23-5-4-6-24-22(17-29-26(23)24)11-14-28-25-8-7-21(15-19(25)3)16-20-9-12-27-13-10-20/h4-10,12-13,15,17,28-29H,1,11,14,16H2,2-3H3. The summed E-state index contributed by atoms with van der Waals surface area (Å²) < 4.78 is 0. The highest BCUT2D eigenvalue weighted by molar-refractivity contribution is 5.92. The first kappa shape index (κ1) is 19.0. The first-order valence-corrected chi connectivity index (χ1v) is 10.1. The predicted octanol–water partition coefficient (Wildman–Crippen LogP) is 6.15. The Hall–Kier alpha value is -3.33. The SMILES string of the molecule is C=C(C)c1cccc2c(CCNc3ccc(Cc4ccncc4)cc3C)c[nH]c12. The van der Waals surface area contributed by atoms with E-state index in [2.05, 4.69) is 90.4 Å². The summed E-state index contributed by atoms with van der Waals surface area (Å²) in [5, 5.41) is 4.89. The Balaban J connectivity index is 1.41. The molecule has 0 bridgehead atoms. The van der Waals surface area contributed by atoms with Crippen LogP contribution in [0.5, 0.6) is 0 Å². The van der Waals surface area contributed by atoms with E-state index in [1.807, 2.05) is 12.4 Å². The van der Waals surface area contributed by atoms with Crippen LogP contribution in [0.4, 0.5) is 5.69 Å². The summed E-state index contributed by atoms with van der Waals surface area (Å²) in [5.74, 6) is 0. The molecule has 2 aromatic carbocycles. The summed E-state index contributed by atoms with van der Waals surface area (Å²) in [7, 11) is 0. The van der Waals surface area contributed by atoms with Crippen molar-refractivity contribution in [2.24, 2.45) is 0 Å². The minimum absolute atomic E-state index is 0.898. The van der Waals surface area contributed by atoms with Crippen molar-refractivity contribution in [2.45, 2.75) is 26.7 Å². The number of rotatable bonds is 7. The summed E-state index contributed by atoms with van der Waals surface area (Å²) >= 11 is 0. The molecule has 2 heterocycles. The molecule has 0 saturated heterocycles. The average molecular weight is 382 g/mol. The van der Waals surface area contributed by atoms with Crippen molar-refractivity contribution in [3.8, 4) is 0 Å². The van der Waals surface area contributed by atoms with Crippen LogP contribution < -0.4 is 5.32 Å². The van der Waals surface area contributed by atoms with Gasteiger partial charge in [0, 0.05) is 41.8 Å². The van der Waals surface area contributed by atoms with Gasteiger partial charge in [-0.05, 0) is 72.7 Å². The number of fused-ring (bicyclic) bond motifs is 1. The van der Waals surface area contributed by atoms with Crippen molar-refractivity contribution in [1.29, 1.82) is 0 Å². The lowest BCUT2D eigenvalue weighted by atomic mass is 10.0. The van der Waals surface area contributed by atoms with Gasteiger partial charge in [-0.2, -0.15) is 0 Å². The van der Waals surface area contributed by atoms with Crippen molar-refractivity contribution in [3.63, 3.8) is 0 Å². The van der Waals surface area contributed by atoms with E-state index >= 15 is 0 Å². The topological polar surface area (TPSA) is 40.7 Å². The van der Waals surface area contributed by atoms with Crippen LogP contribution in [0.15, 0.2) is 73.7 Å². The van der Waals surface area contributed by atoms with Gasteiger partial charge in [-0.1, -0.05) is 36.9 Å². The molecule has 0 unspecified atom stereocenters. The molecule has 0 radical (unpaired) electrons. The number of H-pyrrole nitrogens is 1. The van der Waals surface area contributed by atoms with E-state index in [0.717, 1.165) is 25.0 Å². The van der Waals surface area contributed by atoms with Crippen molar-refractivity contribution >= 4 is 22.2 Å². The van der Waals surface area contributed by atoms with Gasteiger partial charge in [-0.25, -0.2) is 0 Å². The van der Waals surface area contributed by atoms with E-state index < -0.39 is 0 Å². The molecule has 3 nitrogen and oxygen atoms in total. The quantitative estimate of drug-likeness (QED) is 0.403. The van der Waals surface area contributed by atoms with E-state index in [9.17, 15) is 0 Å². The Bertz CT molecular complexity index is 1140. The van der Waals surface area contributed by atoms with E-state index in [1.165, 1.54) is 44.4 Å². The number of para-hydroxylation sites is 1. The molecular formula is C26H27N3. The molecule has 4 aromatic rings. The maximum atomic E-state index is 4.09. The van der Waals surface area contributed by atoms with Crippen molar-refractivity contribution in [1.82, 2.24) is 9.97 Å². The lowest BCUT2D eigenvalue weighted by Crippen LogP contribution is -2.06. The molecule has 0 saturated carbocycles. The first-order chi connectivity index (χ1) is 14.1. The van der Waals surface area contributed by atoms with Crippen LogP contribution >= 0.6 is 0 Å². The third-order valence-corrected chi connectivity index (χ3v) is 5.42. The fraction of sp³-hybridized carbons (Fsp3) is 0.192. The van der Waals surface area contributed by atoms with Crippen molar-refractivity contribution in [3.05, 3.63) is 102 Å². The third kappa shape index (κ3) is 4.24. The lowest BCUT2D eigenvalue weighted by molar-refractivity contribution is 1.02. The summed E-state index contributed by atoms with van der Waals surface area (Å²) in [5.41, 5.74) is 9.89. The van der Waals surface area contributed by atoms with Gasteiger partial charge < -0.3 is 10.3 Å². The van der Waals surface area contributed by atoms with Gasteiger partial charge in [0.2, 0.25) is 0 Å². The highest BCUT2D eigenvalue weighted by Gasteiger charge is 2.08. The fourth-order valence-corrected chi connectivity index (χ4v) is 3.88. The fourth-order valence-electron chi connectivity index (χ4n) is 3.88. The summed E-state index contributed by atoms with van der Waals surface area (Å²) in [4.78, 5) is 7.52. The van der Waals surface area contributed by atoms with Gasteiger partial charge in [-0.3, -0.25) is 4.98 Å². The molecule has 0 aliphatic carbocycles. The number of nitrogens with zero attached hydrogens (tertiary/aromatic N) is 1. The van der Waals surface area contributed by atoms with Crippen molar-refractivity contribution < 1.29 is 0 Å². The predicted molar refractivity (Wildman–Crippen MR) is 123 cm³/mol. The minimum Gasteiger partial charge on any atom is -0.384 e. The zero-order valence-corrected chi connectivity index (χ0v) is 17.1. The molecule has 0 atom stereocenters. The van der Waals surface area contributed by atoms with Crippen LogP contribution in [-0.2, 0) is 12.8 Å². The second kappa shape index (κ2) is 8.36. The molecule has 0 amide bonds. The zero-order valence-electron chi connectivity index (χ0n) is 17.1. The van der Waals surface area contributed by atoms with Gasteiger partial charge in [0.25, 0.3) is 0 Å². The first-order valence-electron chi connectivity index (χ1n) is 10.1. The average Bonchev–Trinajstić information content (AvgIpc) is 3.13. The van der Waals surface area contributed by atoms with Crippen LogP contribution in [0.3, 0.4) is 0 Å². The number of pyridine rings is 1. The molecule has 29 heavy (non-hydrogen) atoms. The van der Waals surface area contributed by atoms with E-state index in [0.29, 0.717) is 0 Å². The number of allylic oxidation sites excluding steroid dienone is 1. The number of aromatic amines is 1. The monoisotopic (exact) mass is 381 g/mol. The van der Waals surface area contributed by atoms with Crippen LogP contribution in [0.1, 0.15) is 34.7 Å². The van der Waals surface area contributed by atoms with E-state index in [-0.39, 0.29) is 0 Å². The number of aryl methyl sites for hydroxylation is 1. The number of nitrogens with one attached hydrogen (secondary N) is 2.